The molecule has 1 aromatic heterocycles. The first-order valence-electron chi connectivity index (χ1n) is 5.65. The number of aliphatic hydroxyl groups is 1. The first kappa shape index (κ1) is 13.1. The second-order valence-electron chi connectivity index (χ2n) is 4.31. The maximum atomic E-state index is 13.8. The van der Waals surface area contributed by atoms with E-state index in [2.05, 4.69) is 4.98 Å². The van der Waals surface area contributed by atoms with Gasteiger partial charge in [0.1, 0.15) is 6.10 Å². The molecule has 2 rings (SSSR count). The lowest BCUT2D eigenvalue weighted by molar-refractivity contribution is -0.140. The van der Waals surface area contributed by atoms with Crippen LogP contribution in [0.2, 0.25) is 0 Å². The third-order valence-corrected chi connectivity index (χ3v) is 3.00. The van der Waals surface area contributed by atoms with Gasteiger partial charge in [-0.2, -0.15) is 13.8 Å². The molecule has 1 fully saturated rings. The van der Waals surface area contributed by atoms with Crippen molar-refractivity contribution in [3.63, 3.8) is 0 Å². The summed E-state index contributed by atoms with van der Waals surface area (Å²) in [6, 6.07) is 1.44. The van der Waals surface area contributed by atoms with Crippen molar-refractivity contribution in [2.45, 2.75) is 44.6 Å². The smallest absolute Gasteiger partial charge is 0.350 e. The van der Waals surface area contributed by atoms with Crippen LogP contribution in [0.3, 0.4) is 0 Å². The van der Waals surface area contributed by atoms with Crippen molar-refractivity contribution in [1.29, 1.82) is 0 Å². The molecule has 18 heavy (non-hydrogen) atoms. The molecule has 0 radical (unpaired) electrons. The van der Waals surface area contributed by atoms with Crippen molar-refractivity contribution in [2.75, 3.05) is 0 Å². The summed E-state index contributed by atoms with van der Waals surface area (Å²) >= 11 is 0. The van der Waals surface area contributed by atoms with Crippen molar-refractivity contribution in [1.82, 2.24) is 9.55 Å². The summed E-state index contributed by atoms with van der Waals surface area (Å²) in [5.74, 6) is -3.51. The summed E-state index contributed by atoms with van der Waals surface area (Å²) in [5, 5.41) is 9.48. The molecule has 1 N–H and O–H groups in total. The minimum absolute atomic E-state index is 0.237. The number of alkyl halides is 2. The molecule has 0 unspecified atom stereocenters. The SMILES string of the molecule is CC[C@H]1O[C@@H](n2ccc(C)nc2=O)C(F)(F)[C@H]1O. The monoisotopic (exact) mass is 260 g/mol. The number of ether oxygens (including phenoxy) is 1. The number of rotatable bonds is 2. The molecule has 5 nitrogen and oxygen atoms in total. The van der Waals surface area contributed by atoms with E-state index >= 15 is 0 Å². The Morgan fingerprint density at radius 1 is 1.61 bits per heavy atom. The Morgan fingerprint density at radius 3 is 2.78 bits per heavy atom. The number of hydrogen-bond acceptors (Lipinski definition) is 4. The Morgan fingerprint density at radius 2 is 2.28 bits per heavy atom. The average molecular weight is 260 g/mol. The lowest BCUT2D eigenvalue weighted by atomic mass is 10.1. The molecule has 1 aliphatic heterocycles. The molecule has 2 heterocycles. The van der Waals surface area contributed by atoms with Crippen molar-refractivity contribution in [3.8, 4) is 0 Å². The molecule has 7 heteroatoms. The van der Waals surface area contributed by atoms with Crippen LogP contribution in [0.15, 0.2) is 17.1 Å². The fourth-order valence-corrected chi connectivity index (χ4v) is 1.97. The standard InChI is InChI=1S/C11H14F2N2O3/c1-3-7-8(16)11(12,13)9(18-7)15-5-4-6(2)14-10(15)17/h4-5,7-9,16H,3H2,1-2H3/t7-,8+,9-/m1/s1. The molecular weight excluding hydrogens is 246 g/mol. The summed E-state index contributed by atoms with van der Waals surface area (Å²) in [6.07, 6.45) is -3.27. The van der Waals surface area contributed by atoms with Gasteiger partial charge in [0.2, 0.25) is 6.23 Å². The highest BCUT2D eigenvalue weighted by molar-refractivity contribution is 5.01. The van der Waals surface area contributed by atoms with Gasteiger partial charge in [0.05, 0.1) is 6.10 Å². The Hall–Kier alpha value is -1.34. The first-order chi connectivity index (χ1) is 8.37. The number of hydrogen-bond donors (Lipinski definition) is 1. The number of nitrogens with zero attached hydrogens (tertiary/aromatic N) is 2. The van der Waals surface area contributed by atoms with Crippen LogP contribution in [-0.2, 0) is 4.74 Å². The first-order valence-corrected chi connectivity index (χ1v) is 5.65. The lowest BCUT2D eigenvalue weighted by Crippen LogP contribution is -2.41. The summed E-state index contributed by atoms with van der Waals surface area (Å²) in [4.78, 5) is 15.1. The summed E-state index contributed by atoms with van der Waals surface area (Å²) in [7, 11) is 0. The zero-order chi connectivity index (χ0) is 13.5. The highest BCUT2D eigenvalue weighted by atomic mass is 19.3. The normalized spacial score (nSPS) is 30.6. The minimum Gasteiger partial charge on any atom is -0.384 e. The van der Waals surface area contributed by atoms with Crippen LogP contribution in [0.5, 0.6) is 0 Å². The van der Waals surface area contributed by atoms with Crippen LogP contribution in [-0.4, -0.2) is 32.8 Å². The van der Waals surface area contributed by atoms with Gasteiger partial charge in [0.25, 0.3) is 0 Å². The van der Waals surface area contributed by atoms with E-state index in [1.54, 1.807) is 13.8 Å². The van der Waals surface area contributed by atoms with Crippen LogP contribution < -0.4 is 5.69 Å². The molecule has 0 amide bonds. The van der Waals surface area contributed by atoms with Crippen molar-refractivity contribution in [2.24, 2.45) is 0 Å². The van der Waals surface area contributed by atoms with E-state index in [-0.39, 0.29) is 6.42 Å². The second-order valence-corrected chi connectivity index (χ2v) is 4.31. The van der Waals surface area contributed by atoms with E-state index < -0.39 is 30.0 Å². The van der Waals surface area contributed by atoms with E-state index in [0.29, 0.717) is 10.3 Å². The molecule has 0 aromatic carbocycles. The van der Waals surface area contributed by atoms with Gasteiger partial charge in [0.15, 0.2) is 0 Å². The van der Waals surface area contributed by atoms with Gasteiger partial charge >= 0.3 is 11.6 Å². The van der Waals surface area contributed by atoms with E-state index in [1.807, 2.05) is 0 Å². The molecule has 3 atom stereocenters. The topological polar surface area (TPSA) is 64.4 Å². The maximum Gasteiger partial charge on any atom is 0.350 e. The van der Waals surface area contributed by atoms with E-state index in [4.69, 9.17) is 4.74 Å². The van der Waals surface area contributed by atoms with Crippen molar-refractivity contribution >= 4 is 0 Å². The van der Waals surface area contributed by atoms with E-state index in [9.17, 15) is 18.7 Å². The Labute approximate surface area is 102 Å². The molecule has 1 aliphatic rings. The minimum atomic E-state index is -3.51. The Bertz CT molecular complexity index is 503. The number of aliphatic hydroxyl groups excluding tert-OH is 1. The fraction of sp³-hybridized carbons (Fsp3) is 0.636. The highest BCUT2D eigenvalue weighted by Crippen LogP contribution is 2.42. The van der Waals surface area contributed by atoms with Gasteiger partial charge in [-0.3, -0.25) is 4.57 Å². The molecule has 0 bridgehead atoms. The predicted octanol–water partition coefficient (Wildman–Crippen LogP) is 0.855. The summed E-state index contributed by atoms with van der Waals surface area (Å²) in [6.45, 7) is 3.21. The van der Waals surface area contributed by atoms with Crippen molar-refractivity contribution in [3.05, 3.63) is 28.4 Å². The zero-order valence-corrected chi connectivity index (χ0v) is 10.0. The van der Waals surface area contributed by atoms with Crippen LogP contribution in [0.4, 0.5) is 8.78 Å². The maximum absolute atomic E-state index is 13.8. The number of aromatic nitrogens is 2. The van der Waals surface area contributed by atoms with Crippen LogP contribution in [0, 0.1) is 6.92 Å². The Kier molecular flexibility index (Phi) is 3.20. The third kappa shape index (κ3) is 1.93. The quantitative estimate of drug-likeness (QED) is 0.856. The van der Waals surface area contributed by atoms with Crippen LogP contribution >= 0.6 is 0 Å². The average Bonchev–Trinajstić information content (AvgIpc) is 2.52. The molecule has 100 valence electrons. The summed E-state index contributed by atoms with van der Waals surface area (Å²) in [5.41, 5.74) is -0.381. The lowest BCUT2D eigenvalue weighted by Gasteiger charge is -2.20. The highest BCUT2D eigenvalue weighted by Gasteiger charge is 2.59. The number of halogens is 2. The van der Waals surface area contributed by atoms with E-state index in [0.717, 1.165) is 0 Å². The van der Waals surface area contributed by atoms with Crippen molar-refractivity contribution < 1.29 is 18.6 Å². The van der Waals surface area contributed by atoms with Crippen LogP contribution in [0.25, 0.3) is 0 Å². The predicted molar refractivity (Wildman–Crippen MR) is 58.4 cm³/mol. The summed E-state index contributed by atoms with van der Waals surface area (Å²) < 4.78 is 33.5. The Balaban J connectivity index is 2.42. The molecule has 0 spiro atoms. The van der Waals surface area contributed by atoms with Gasteiger partial charge in [-0.25, -0.2) is 4.79 Å². The van der Waals surface area contributed by atoms with Gasteiger partial charge in [-0.1, -0.05) is 6.92 Å². The third-order valence-electron chi connectivity index (χ3n) is 3.00. The van der Waals surface area contributed by atoms with Crippen LogP contribution in [0.1, 0.15) is 25.3 Å². The van der Waals surface area contributed by atoms with Gasteiger partial charge < -0.3 is 9.84 Å². The molecule has 1 aromatic rings. The van der Waals surface area contributed by atoms with Gasteiger partial charge in [-0.05, 0) is 19.4 Å². The van der Waals surface area contributed by atoms with Gasteiger partial charge in [-0.15, -0.1) is 0 Å². The van der Waals surface area contributed by atoms with E-state index in [1.165, 1.54) is 12.3 Å². The molecule has 0 aliphatic carbocycles. The molecule has 1 saturated heterocycles. The molecular formula is C11H14F2N2O3. The second kappa shape index (κ2) is 4.40. The van der Waals surface area contributed by atoms with Gasteiger partial charge in [0, 0.05) is 11.9 Å². The zero-order valence-electron chi connectivity index (χ0n) is 10.0. The molecule has 0 saturated carbocycles. The fourth-order valence-electron chi connectivity index (χ4n) is 1.97. The largest absolute Gasteiger partial charge is 0.384 e. The number of aryl methyl sites for hydroxylation is 1.